The van der Waals surface area contributed by atoms with Crippen molar-refractivity contribution in [3.05, 3.63) is 95.3 Å². The number of aromatic nitrogens is 1. The maximum absolute atomic E-state index is 12.7. The number of ketones is 1. The van der Waals surface area contributed by atoms with Crippen LogP contribution in [0.2, 0.25) is 5.02 Å². The lowest BCUT2D eigenvalue weighted by molar-refractivity contribution is -0.704. The highest BCUT2D eigenvalue weighted by atomic mass is 35.5. The van der Waals surface area contributed by atoms with Crippen LogP contribution in [0.1, 0.15) is 33.7 Å². The molecule has 0 aliphatic carbocycles. The van der Waals surface area contributed by atoms with E-state index < -0.39 is 6.04 Å². The molecule has 130 valence electrons. The molecule has 1 amide bonds. The number of pyridine rings is 1. The number of rotatable bonds is 5. The van der Waals surface area contributed by atoms with E-state index in [1.807, 2.05) is 25.1 Å². The van der Waals surface area contributed by atoms with Gasteiger partial charge in [0.2, 0.25) is 11.8 Å². The van der Waals surface area contributed by atoms with E-state index in [4.69, 9.17) is 11.6 Å². The van der Waals surface area contributed by atoms with Crippen molar-refractivity contribution in [2.45, 2.75) is 13.0 Å². The van der Waals surface area contributed by atoms with Gasteiger partial charge in [-0.05, 0) is 42.5 Å². The topological polar surface area (TPSA) is 50.0 Å². The van der Waals surface area contributed by atoms with Crippen molar-refractivity contribution in [1.82, 2.24) is 0 Å². The normalized spacial score (nSPS) is 11.6. The summed E-state index contributed by atoms with van der Waals surface area (Å²) in [4.78, 5) is 24.9. The van der Waals surface area contributed by atoms with E-state index in [0.717, 1.165) is 0 Å². The average molecular weight is 366 g/mol. The molecule has 0 bridgehead atoms. The Balaban J connectivity index is 1.77. The molecule has 0 saturated heterocycles. The van der Waals surface area contributed by atoms with Gasteiger partial charge in [0.05, 0.1) is 0 Å². The largest absolute Gasteiger partial charge is 0.317 e. The number of anilines is 1. The minimum atomic E-state index is -0.412. The second kappa shape index (κ2) is 7.93. The molecule has 1 aromatic heterocycles. The lowest BCUT2D eigenvalue weighted by atomic mass is 10.1. The van der Waals surface area contributed by atoms with Gasteiger partial charge in [-0.1, -0.05) is 29.8 Å². The van der Waals surface area contributed by atoms with Crippen LogP contribution in [0, 0.1) is 0 Å². The maximum atomic E-state index is 12.7. The quantitative estimate of drug-likeness (QED) is 0.540. The van der Waals surface area contributed by atoms with Crippen molar-refractivity contribution >= 4 is 29.0 Å². The van der Waals surface area contributed by atoms with Crippen LogP contribution < -0.4 is 9.88 Å². The third kappa shape index (κ3) is 4.16. The van der Waals surface area contributed by atoms with Crippen LogP contribution in [-0.2, 0) is 0 Å². The van der Waals surface area contributed by atoms with Crippen molar-refractivity contribution in [3.63, 3.8) is 0 Å². The van der Waals surface area contributed by atoms with Crippen molar-refractivity contribution in [2.75, 3.05) is 5.32 Å². The molecular formula is C21H18ClN2O2+. The summed E-state index contributed by atoms with van der Waals surface area (Å²) in [5.74, 6) is -0.224. The summed E-state index contributed by atoms with van der Waals surface area (Å²) in [7, 11) is 0. The molecular weight excluding hydrogens is 348 g/mol. The first kappa shape index (κ1) is 17.8. The van der Waals surface area contributed by atoms with Crippen molar-refractivity contribution in [1.29, 1.82) is 0 Å². The Hall–Kier alpha value is -2.98. The first-order valence-corrected chi connectivity index (χ1v) is 8.59. The fraction of sp³-hybridized carbons (Fsp3) is 0.0952. The predicted molar refractivity (Wildman–Crippen MR) is 102 cm³/mol. The maximum Gasteiger partial charge on any atom is 0.255 e. The summed E-state index contributed by atoms with van der Waals surface area (Å²) in [6.45, 7) is 1.82. The first-order valence-electron chi connectivity index (χ1n) is 8.21. The molecule has 2 aromatic carbocycles. The van der Waals surface area contributed by atoms with Gasteiger partial charge in [-0.15, -0.1) is 0 Å². The van der Waals surface area contributed by atoms with Gasteiger partial charge in [0.25, 0.3) is 5.91 Å². The molecule has 1 heterocycles. The molecule has 0 saturated carbocycles. The van der Waals surface area contributed by atoms with Gasteiger partial charge in [-0.25, -0.2) is 0 Å². The zero-order valence-corrected chi connectivity index (χ0v) is 15.0. The van der Waals surface area contributed by atoms with Gasteiger partial charge in [-0.3, -0.25) is 9.59 Å². The fourth-order valence-electron chi connectivity index (χ4n) is 2.59. The van der Waals surface area contributed by atoms with Crippen LogP contribution in [0.3, 0.4) is 0 Å². The van der Waals surface area contributed by atoms with Crippen LogP contribution in [0.5, 0.6) is 0 Å². The van der Waals surface area contributed by atoms with Gasteiger partial charge in [0.15, 0.2) is 12.4 Å². The molecule has 3 aromatic rings. The van der Waals surface area contributed by atoms with Crippen LogP contribution in [0.25, 0.3) is 0 Å². The minimum Gasteiger partial charge on any atom is -0.317 e. The number of carbonyl (C=O) groups excluding carboxylic acids is 2. The van der Waals surface area contributed by atoms with E-state index in [-0.39, 0.29) is 11.7 Å². The Morgan fingerprint density at radius 1 is 0.923 bits per heavy atom. The summed E-state index contributed by atoms with van der Waals surface area (Å²) in [5.41, 5.74) is 1.79. The van der Waals surface area contributed by atoms with Gasteiger partial charge >= 0.3 is 0 Å². The van der Waals surface area contributed by atoms with Crippen molar-refractivity contribution in [2.24, 2.45) is 0 Å². The number of hydrogen-bond donors (Lipinski definition) is 1. The van der Waals surface area contributed by atoms with Crippen LogP contribution in [0.4, 0.5) is 5.69 Å². The molecule has 1 atom stereocenters. The van der Waals surface area contributed by atoms with Crippen LogP contribution in [-0.4, -0.2) is 11.7 Å². The summed E-state index contributed by atoms with van der Waals surface area (Å²) in [5, 5.41) is 3.44. The van der Waals surface area contributed by atoms with Gasteiger partial charge in [-0.2, -0.15) is 4.57 Å². The number of benzene rings is 2. The summed E-state index contributed by atoms with van der Waals surface area (Å²) < 4.78 is 1.78. The Bertz CT molecular complexity index is 924. The molecule has 0 fully saturated rings. The number of nitrogens with zero attached hydrogens (tertiary/aromatic N) is 1. The Morgan fingerprint density at radius 2 is 1.62 bits per heavy atom. The van der Waals surface area contributed by atoms with Gasteiger partial charge < -0.3 is 5.32 Å². The molecule has 0 radical (unpaired) electrons. The number of amides is 1. The number of hydrogen-bond acceptors (Lipinski definition) is 2. The molecule has 26 heavy (non-hydrogen) atoms. The molecule has 0 spiro atoms. The Labute approximate surface area is 157 Å². The monoisotopic (exact) mass is 365 g/mol. The minimum absolute atomic E-state index is 0.0294. The van der Waals surface area contributed by atoms with Crippen molar-refractivity contribution in [3.8, 4) is 0 Å². The average Bonchev–Trinajstić information content (AvgIpc) is 2.68. The number of halogens is 1. The van der Waals surface area contributed by atoms with E-state index >= 15 is 0 Å². The van der Waals surface area contributed by atoms with E-state index in [1.54, 1.807) is 65.5 Å². The van der Waals surface area contributed by atoms with E-state index in [2.05, 4.69) is 5.32 Å². The van der Waals surface area contributed by atoms with E-state index in [9.17, 15) is 9.59 Å². The molecule has 0 aliphatic heterocycles. The smallest absolute Gasteiger partial charge is 0.255 e. The third-order valence-electron chi connectivity index (χ3n) is 4.07. The second-order valence-corrected chi connectivity index (χ2v) is 6.34. The molecule has 1 N–H and O–H groups in total. The third-order valence-corrected chi connectivity index (χ3v) is 4.32. The van der Waals surface area contributed by atoms with Gasteiger partial charge in [0.1, 0.15) is 5.69 Å². The van der Waals surface area contributed by atoms with Crippen LogP contribution in [0.15, 0.2) is 79.1 Å². The molecule has 0 aliphatic rings. The zero-order chi connectivity index (χ0) is 18.5. The summed E-state index contributed by atoms with van der Waals surface area (Å²) in [6.07, 6.45) is 3.55. The second-order valence-electron chi connectivity index (χ2n) is 5.91. The number of carbonyl (C=O) groups is 2. The first-order chi connectivity index (χ1) is 12.5. The number of nitrogens with one attached hydrogen (secondary N) is 1. The SMILES string of the molecule is C[C@H](C(=O)c1ccc(Cl)cc1)[n+]1cccc(NC(=O)c2ccccc2)c1. The Morgan fingerprint density at radius 3 is 2.31 bits per heavy atom. The highest BCUT2D eigenvalue weighted by Gasteiger charge is 2.24. The lowest BCUT2D eigenvalue weighted by Gasteiger charge is -2.09. The van der Waals surface area contributed by atoms with Gasteiger partial charge in [0, 0.05) is 29.1 Å². The highest BCUT2D eigenvalue weighted by Crippen LogP contribution is 2.14. The van der Waals surface area contributed by atoms with E-state index in [1.165, 1.54) is 0 Å². The predicted octanol–water partition coefficient (Wildman–Crippen LogP) is 4.32. The molecule has 5 heteroatoms. The summed E-state index contributed by atoms with van der Waals surface area (Å²) in [6, 6.07) is 19.0. The summed E-state index contributed by atoms with van der Waals surface area (Å²) >= 11 is 5.88. The fourth-order valence-corrected chi connectivity index (χ4v) is 2.72. The zero-order valence-electron chi connectivity index (χ0n) is 14.2. The number of Topliss-reactive ketones (excluding diaryl/α,β-unsaturated/α-hetero) is 1. The van der Waals surface area contributed by atoms with Crippen molar-refractivity contribution < 1.29 is 14.2 Å². The van der Waals surface area contributed by atoms with Crippen LogP contribution >= 0.6 is 11.6 Å². The standard InChI is InChI=1S/C21H17ClN2O2/c1-15(20(25)16-9-11-18(22)12-10-16)24-13-5-8-19(14-24)23-21(26)17-6-3-2-4-7-17/h2-15H,1H3/p+1/t15-/m1/s1. The molecule has 0 unspecified atom stereocenters. The lowest BCUT2D eigenvalue weighted by Crippen LogP contribution is -2.42. The molecule has 3 rings (SSSR count). The van der Waals surface area contributed by atoms with E-state index in [0.29, 0.717) is 21.8 Å². The highest BCUT2D eigenvalue weighted by molar-refractivity contribution is 6.30. The molecule has 4 nitrogen and oxygen atoms in total. The Kier molecular flexibility index (Phi) is 5.44.